The minimum Gasteiger partial charge on any atom is -0.459 e. The van der Waals surface area contributed by atoms with Gasteiger partial charge in [0.05, 0.1) is 17.5 Å². The van der Waals surface area contributed by atoms with E-state index in [1.54, 1.807) is 31.2 Å². The molecular weight excluding hydrogens is 396 g/mol. The lowest BCUT2D eigenvalue weighted by Gasteiger charge is -2.15. The molecule has 2 aromatic heterocycles. The van der Waals surface area contributed by atoms with Crippen LogP contribution in [0.25, 0.3) is 10.9 Å². The molecule has 0 radical (unpaired) electrons. The smallest absolute Gasteiger partial charge is 0.340 e. The predicted octanol–water partition coefficient (Wildman–Crippen LogP) is 4.75. The summed E-state index contributed by atoms with van der Waals surface area (Å²) in [5.74, 6) is -1.40. The van der Waals surface area contributed by atoms with Crippen molar-refractivity contribution in [3.8, 4) is 0 Å². The highest BCUT2D eigenvalue weighted by atomic mass is 16.5. The first-order valence-electron chi connectivity index (χ1n) is 9.72. The number of aromatic nitrogens is 1. The van der Waals surface area contributed by atoms with Gasteiger partial charge in [-0.15, -0.1) is 0 Å². The van der Waals surface area contributed by atoms with Gasteiger partial charge in [-0.1, -0.05) is 30.3 Å². The minimum absolute atomic E-state index is 0.113. The third-order valence-corrected chi connectivity index (χ3v) is 4.93. The van der Waals surface area contributed by atoms with Crippen molar-refractivity contribution in [1.29, 1.82) is 0 Å². The highest BCUT2D eigenvalue weighted by molar-refractivity contribution is 6.12. The Morgan fingerprint density at radius 2 is 1.74 bits per heavy atom. The van der Waals surface area contributed by atoms with Crippen LogP contribution in [0.15, 0.2) is 71.3 Å². The Kier molecular flexibility index (Phi) is 5.41. The number of furan rings is 1. The summed E-state index contributed by atoms with van der Waals surface area (Å²) in [6.07, 6.45) is 0.369. The van der Waals surface area contributed by atoms with Crippen LogP contribution in [0.2, 0.25) is 0 Å². The second kappa shape index (κ2) is 8.31. The van der Waals surface area contributed by atoms with E-state index in [9.17, 15) is 14.4 Å². The fourth-order valence-corrected chi connectivity index (χ4v) is 3.44. The SMILES string of the molecule is Cc1[nH]c2ccccc2c1C(=O)C(C)OC(=O)c1ccccc1NC(=O)c1ccco1. The van der Waals surface area contributed by atoms with Gasteiger partial charge < -0.3 is 19.5 Å². The highest BCUT2D eigenvalue weighted by Gasteiger charge is 2.26. The first-order chi connectivity index (χ1) is 15.0. The van der Waals surface area contributed by atoms with Crippen LogP contribution in [0.5, 0.6) is 0 Å². The number of ketones is 1. The summed E-state index contributed by atoms with van der Waals surface area (Å²) in [6.45, 7) is 3.34. The number of nitrogens with one attached hydrogen (secondary N) is 2. The largest absolute Gasteiger partial charge is 0.459 e. The highest BCUT2D eigenvalue weighted by Crippen LogP contribution is 2.25. The minimum atomic E-state index is -1.01. The Balaban J connectivity index is 1.53. The van der Waals surface area contributed by atoms with Crippen molar-refractivity contribution in [3.63, 3.8) is 0 Å². The number of H-pyrrole nitrogens is 1. The zero-order valence-electron chi connectivity index (χ0n) is 17.0. The van der Waals surface area contributed by atoms with E-state index in [1.165, 1.54) is 25.3 Å². The Bertz CT molecular complexity index is 1270. The molecule has 4 rings (SSSR count). The van der Waals surface area contributed by atoms with Crippen LogP contribution in [0, 0.1) is 6.92 Å². The normalized spacial score (nSPS) is 11.8. The van der Waals surface area contributed by atoms with Gasteiger partial charge in [0.25, 0.3) is 5.91 Å². The number of benzene rings is 2. The molecule has 7 nitrogen and oxygen atoms in total. The quantitative estimate of drug-likeness (QED) is 0.349. The van der Waals surface area contributed by atoms with E-state index in [1.807, 2.05) is 24.3 Å². The van der Waals surface area contributed by atoms with Gasteiger partial charge in [0.1, 0.15) is 0 Å². The van der Waals surface area contributed by atoms with Crippen molar-refractivity contribution in [2.45, 2.75) is 20.0 Å². The molecule has 0 fully saturated rings. The zero-order chi connectivity index (χ0) is 22.0. The third kappa shape index (κ3) is 3.98. The summed E-state index contributed by atoms with van der Waals surface area (Å²) >= 11 is 0. The number of carbonyl (C=O) groups excluding carboxylic acids is 3. The first kappa shape index (κ1) is 20.2. The van der Waals surface area contributed by atoms with Crippen molar-refractivity contribution in [2.75, 3.05) is 5.32 Å². The van der Waals surface area contributed by atoms with Gasteiger partial charge in [-0.05, 0) is 44.2 Å². The fraction of sp³-hybridized carbons (Fsp3) is 0.125. The van der Waals surface area contributed by atoms with Gasteiger partial charge in [-0.2, -0.15) is 0 Å². The number of hydrogen-bond donors (Lipinski definition) is 2. The number of aryl methyl sites for hydroxylation is 1. The summed E-state index contributed by atoms with van der Waals surface area (Å²) in [7, 11) is 0. The number of hydrogen-bond acceptors (Lipinski definition) is 5. The van der Waals surface area contributed by atoms with E-state index >= 15 is 0 Å². The second-order valence-electron chi connectivity index (χ2n) is 7.06. The lowest BCUT2D eigenvalue weighted by Crippen LogP contribution is -2.25. The molecule has 2 heterocycles. The number of Topliss-reactive ketones (excluding diaryl/α,β-unsaturated/α-hetero) is 1. The Morgan fingerprint density at radius 3 is 2.52 bits per heavy atom. The lowest BCUT2D eigenvalue weighted by atomic mass is 10.0. The van der Waals surface area contributed by atoms with Crippen molar-refractivity contribution < 1.29 is 23.5 Å². The van der Waals surface area contributed by atoms with E-state index < -0.39 is 18.0 Å². The van der Waals surface area contributed by atoms with Crippen molar-refractivity contribution >= 4 is 34.3 Å². The van der Waals surface area contributed by atoms with Crippen LogP contribution in [0.1, 0.15) is 43.9 Å². The van der Waals surface area contributed by atoms with Crippen LogP contribution in [-0.2, 0) is 4.74 Å². The first-order valence-corrected chi connectivity index (χ1v) is 9.72. The molecule has 0 saturated carbocycles. The van der Waals surface area contributed by atoms with Gasteiger partial charge >= 0.3 is 5.97 Å². The molecule has 0 saturated heterocycles. The number of fused-ring (bicyclic) bond motifs is 1. The number of esters is 1. The maximum absolute atomic E-state index is 13.0. The zero-order valence-corrected chi connectivity index (χ0v) is 17.0. The molecule has 4 aromatic rings. The molecule has 31 heavy (non-hydrogen) atoms. The monoisotopic (exact) mass is 416 g/mol. The molecule has 0 aliphatic rings. The number of para-hydroxylation sites is 2. The van der Waals surface area contributed by atoms with Gasteiger partial charge in [0.15, 0.2) is 11.9 Å². The van der Waals surface area contributed by atoms with Crippen molar-refractivity contribution in [1.82, 2.24) is 4.98 Å². The average Bonchev–Trinajstić information content (AvgIpc) is 3.41. The van der Waals surface area contributed by atoms with E-state index in [0.717, 1.165) is 10.9 Å². The van der Waals surface area contributed by atoms with Gasteiger partial charge in [0, 0.05) is 22.2 Å². The molecule has 2 aromatic carbocycles. The van der Waals surface area contributed by atoms with Crippen LogP contribution in [0.4, 0.5) is 5.69 Å². The summed E-state index contributed by atoms with van der Waals surface area (Å²) < 4.78 is 10.5. The van der Waals surface area contributed by atoms with Crippen molar-refractivity contribution in [2.24, 2.45) is 0 Å². The van der Waals surface area contributed by atoms with E-state index in [0.29, 0.717) is 11.3 Å². The summed E-state index contributed by atoms with van der Waals surface area (Å²) in [4.78, 5) is 41.3. The summed E-state index contributed by atoms with van der Waals surface area (Å²) in [6, 6.07) is 17.0. The fourth-order valence-electron chi connectivity index (χ4n) is 3.44. The average molecular weight is 416 g/mol. The topological polar surface area (TPSA) is 101 Å². The molecule has 7 heteroatoms. The predicted molar refractivity (Wildman–Crippen MR) is 115 cm³/mol. The Labute approximate surface area is 178 Å². The van der Waals surface area contributed by atoms with Crippen LogP contribution >= 0.6 is 0 Å². The van der Waals surface area contributed by atoms with Crippen LogP contribution in [0.3, 0.4) is 0 Å². The van der Waals surface area contributed by atoms with Gasteiger partial charge in [0.2, 0.25) is 5.78 Å². The Morgan fingerprint density at radius 1 is 1.00 bits per heavy atom. The van der Waals surface area contributed by atoms with E-state index in [-0.39, 0.29) is 22.8 Å². The maximum Gasteiger partial charge on any atom is 0.340 e. The van der Waals surface area contributed by atoms with Gasteiger partial charge in [-0.3, -0.25) is 9.59 Å². The van der Waals surface area contributed by atoms with Crippen LogP contribution < -0.4 is 5.32 Å². The van der Waals surface area contributed by atoms with Crippen molar-refractivity contribution in [3.05, 3.63) is 89.5 Å². The summed E-state index contributed by atoms with van der Waals surface area (Å²) in [5.41, 5.74) is 2.44. The molecule has 2 N–H and O–H groups in total. The van der Waals surface area contributed by atoms with E-state index in [2.05, 4.69) is 10.3 Å². The lowest BCUT2D eigenvalue weighted by molar-refractivity contribution is 0.0320. The Hall–Kier alpha value is -4.13. The number of amides is 1. The third-order valence-electron chi connectivity index (χ3n) is 4.93. The number of aromatic amines is 1. The number of rotatable bonds is 6. The molecular formula is C24H20N2O5. The molecule has 0 bridgehead atoms. The van der Waals surface area contributed by atoms with E-state index in [4.69, 9.17) is 9.15 Å². The van der Waals surface area contributed by atoms with Gasteiger partial charge in [-0.25, -0.2) is 4.79 Å². The summed E-state index contributed by atoms with van der Waals surface area (Å²) in [5, 5.41) is 3.41. The molecule has 0 spiro atoms. The molecule has 1 unspecified atom stereocenters. The standard InChI is InChI=1S/C24H20N2O5/c1-14-21(16-8-3-5-10-18(16)25-14)22(27)15(2)31-24(29)17-9-4-6-11-19(17)26-23(28)20-12-7-13-30-20/h3-13,15,25H,1-2H3,(H,26,28). The molecule has 156 valence electrons. The molecule has 0 aliphatic carbocycles. The number of anilines is 1. The van der Waals surface area contributed by atoms with Crippen LogP contribution in [-0.4, -0.2) is 28.7 Å². The maximum atomic E-state index is 13.0. The molecule has 1 amide bonds. The number of carbonyl (C=O) groups is 3. The number of ether oxygens (including phenoxy) is 1. The molecule has 0 aliphatic heterocycles. The molecule has 1 atom stereocenters. The second-order valence-corrected chi connectivity index (χ2v) is 7.06.